The molecule has 4 heteroatoms. The fourth-order valence-corrected chi connectivity index (χ4v) is 5.97. The Labute approximate surface area is 156 Å². The number of nitrogens with zero attached hydrogens (tertiary/aromatic N) is 1. The molecule has 1 aromatic carbocycles. The minimum atomic E-state index is 0.0499. The monoisotopic (exact) mass is 354 g/mol. The number of carbonyl (C=O) groups excluding carboxylic acids is 2. The molecule has 4 fully saturated rings. The first-order valence-electron chi connectivity index (χ1n) is 10.3. The maximum Gasteiger partial charge on any atom is 0.253 e. The Balaban J connectivity index is 1.41. The third-order valence-corrected chi connectivity index (χ3v) is 6.98. The van der Waals surface area contributed by atoms with Crippen molar-refractivity contribution in [3.8, 4) is 0 Å². The first-order valence-corrected chi connectivity index (χ1v) is 10.3. The Morgan fingerprint density at radius 1 is 0.923 bits per heavy atom. The first-order chi connectivity index (χ1) is 12.6. The number of hydrogen-bond acceptors (Lipinski definition) is 2. The molecule has 4 aliphatic rings. The third kappa shape index (κ3) is 3.15. The van der Waals surface area contributed by atoms with Crippen LogP contribution < -0.4 is 5.32 Å². The number of amides is 2. The molecular formula is C22H30N2O2. The summed E-state index contributed by atoms with van der Waals surface area (Å²) in [5.74, 6) is 3.39. The molecule has 26 heavy (non-hydrogen) atoms. The van der Waals surface area contributed by atoms with E-state index >= 15 is 0 Å². The molecule has 0 atom stereocenters. The zero-order chi connectivity index (χ0) is 18.3. The number of nitrogens with one attached hydrogen (secondary N) is 1. The van der Waals surface area contributed by atoms with Crippen molar-refractivity contribution in [3.05, 3.63) is 29.8 Å². The van der Waals surface area contributed by atoms with Crippen LogP contribution in [0.1, 0.15) is 56.3 Å². The van der Waals surface area contributed by atoms with E-state index in [0.29, 0.717) is 30.5 Å². The molecule has 4 bridgehead atoms. The van der Waals surface area contributed by atoms with E-state index in [2.05, 4.69) is 5.32 Å². The highest BCUT2D eigenvalue weighted by Gasteiger charge is 2.50. The van der Waals surface area contributed by atoms with Crippen LogP contribution in [0.5, 0.6) is 0 Å². The van der Waals surface area contributed by atoms with Gasteiger partial charge in [0.1, 0.15) is 0 Å². The molecule has 2 amide bonds. The van der Waals surface area contributed by atoms with Gasteiger partial charge in [-0.2, -0.15) is 0 Å². The predicted molar refractivity (Wildman–Crippen MR) is 103 cm³/mol. The average Bonchev–Trinajstić information content (AvgIpc) is 2.62. The Kier molecular flexibility index (Phi) is 4.76. The Morgan fingerprint density at radius 2 is 1.46 bits per heavy atom. The molecule has 4 nitrogen and oxygen atoms in total. The Hall–Kier alpha value is -1.84. The van der Waals surface area contributed by atoms with Crippen LogP contribution in [0.2, 0.25) is 0 Å². The fraction of sp³-hybridized carbons (Fsp3) is 0.636. The number of carbonyl (C=O) groups is 2. The van der Waals surface area contributed by atoms with Gasteiger partial charge in [-0.25, -0.2) is 0 Å². The van der Waals surface area contributed by atoms with Gasteiger partial charge in [0.2, 0.25) is 5.91 Å². The van der Waals surface area contributed by atoms with E-state index in [-0.39, 0.29) is 17.7 Å². The van der Waals surface area contributed by atoms with Crippen LogP contribution in [0.3, 0.4) is 0 Å². The molecule has 0 heterocycles. The normalized spacial score (nSPS) is 31.7. The first kappa shape index (κ1) is 17.6. The van der Waals surface area contributed by atoms with Crippen molar-refractivity contribution in [2.45, 2.75) is 46.0 Å². The molecule has 4 saturated carbocycles. The van der Waals surface area contributed by atoms with Gasteiger partial charge in [-0.05, 0) is 93.9 Å². The summed E-state index contributed by atoms with van der Waals surface area (Å²) in [6.45, 7) is 5.39. The summed E-state index contributed by atoms with van der Waals surface area (Å²) in [7, 11) is 0. The van der Waals surface area contributed by atoms with Gasteiger partial charge in [0.15, 0.2) is 0 Å². The molecule has 5 rings (SSSR count). The second-order valence-corrected chi connectivity index (χ2v) is 8.50. The summed E-state index contributed by atoms with van der Waals surface area (Å²) in [4.78, 5) is 27.1. The predicted octanol–water partition coefficient (Wildman–Crippen LogP) is 4.18. The average molecular weight is 354 g/mol. The highest BCUT2D eigenvalue weighted by atomic mass is 16.2. The lowest BCUT2D eigenvalue weighted by atomic mass is 9.51. The topological polar surface area (TPSA) is 49.4 Å². The Morgan fingerprint density at radius 3 is 1.96 bits per heavy atom. The van der Waals surface area contributed by atoms with Gasteiger partial charge in [-0.1, -0.05) is 0 Å². The largest absolute Gasteiger partial charge is 0.339 e. The fourth-order valence-electron chi connectivity index (χ4n) is 5.97. The van der Waals surface area contributed by atoms with Crippen molar-refractivity contribution >= 4 is 17.5 Å². The molecule has 0 saturated heterocycles. The molecule has 140 valence electrons. The molecule has 1 aromatic rings. The van der Waals surface area contributed by atoms with Gasteiger partial charge in [0.25, 0.3) is 5.91 Å². The molecule has 0 spiro atoms. The summed E-state index contributed by atoms with van der Waals surface area (Å²) in [6, 6.07) is 7.38. The van der Waals surface area contributed by atoms with Crippen LogP contribution in [-0.2, 0) is 4.79 Å². The van der Waals surface area contributed by atoms with Crippen molar-refractivity contribution in [1.29, 1.82) is 0 Å². The van der Waals surface area contributed by atoms with Crippen molar-refractivity contribution in [2.24, 2.45) is 29.6 Å². The lowest BCUT2D eigenvalue weighted by Gasteiger charge is -2.53. The molecule has 0 radical (unpaired) electrons. The summed E-state index contributed by atoms with van der Waals surface area (Å²) < 4.78 is 0. The van der Waals surface area contributed by atoms with Gasteiger partial charge in [0.05, 0.1) is 0 Å². The summed E-state index contributed by atoms with van der Waals surface area (Å²) in [5, 5.41) is 3.13. The van der Waals surface area contributed by atoms with Crippen LogP contribution in [0.4, 0.5) is 5.69 Å². The van der Waals surface area contributed by atoms with E-state index in [1.165, 1.54) is 32.1 Å². The zero-order valence-electron chi connectivity index (χ0n) is 15.9. The Bertz CT molecular complexity index is 650. The minimum absolute atomic E-state index is 0.0499. The molecule has 1 N–H and O–H groups in total. The smallest absolute Gasteiger partial charge is 0.253 e. The van der Waals surface area contributed by atoms with Crippen LogP contribution in [0, 0.1) is 29.6 Å². The standard InChI is InChI=1S/C22H30N2O2/c1-3-24(4-2)22(26)16-5-7-19(8-6-16)23-21(25)20-17-10-14-9-15(12-17)13-18(20)11-14/h5-8,14-15,17-18,20H,3-4,9-13H2,1-2H3,(H,23,25). The van der Waals surface area contributed by atoms with Gasteiger partial charge >= 0.3 is 0 Å². The highest BCUT2D eigenvalue weighted by molar-refractivity contribution is 5.96. The van der Waals surface area contributed by atoms with Gasteiger partial charge in [-0.3, -0.25) is 9.59 Å². The zero-order valence-corrected chi connectivity index (χ0v) is 15.9. The van der Waals surface area contributed by atoms with E-state index < -0.39 is 0 Å². The lowest BCUT2D eigenvalue weighted by molar-refractivity contribution is -0.132. The molecular weight excluding hydrogens is 324 g/mol. The number of anilines is 1. The number of rotatable bonds is 5. The minimum Gasteiger partial charge on any atom is -0.339 e. The molecule has 0 unspecified atom stereocenters. The van der Waals surface area contributed by atoms with Crippen molar-refractivity contribution in [3.63, 3.8) is 0 Å². The van der Waals surface area contributed by atoms with Gasteiger partial charge < -0.3 is 10.2 Å². The van der Waals surface area contributed by atoms with Gasteiger partial charge in [0, 0.05) is 30.3 Å². The van der Waals surface area contributed by atoms with Crippen LogP contribution >= 0.6 is 0 Å². The van der Waals surface area contributed by atoms with Crippen molar-refractivity contribution in [2.75, 3.05) is 18.4 Å². The number of hydrogen-bond donors (Lipinski definition) is 1. The van der Waals surface area contributed by atoms with Crippen LogP contribution in [-0.4, -0.2) is 29.8 Å². The second-order valence-electron chi connectivity index (χ2n) is 8.50. The maximum absolute atomic E-state index is 12.9. The SMILES string of the molecule is CCN(CC)C(=O)c1ccc(NC(=O)C2C3CC4CC(C3)CC2C4)cc1. The van der Waals surface area contributed by atoms with Crippen molar-refractivity contribution < 1.29 is 9.59 Å². The van der Waals surface area contributed by atoms with E-state index in [1.54, 1.807) is 0 Å². The van der Waals surface area contributed by atoms with Crippen LogP contribution in [0.25, 0.3) is 0 Å². The molecule has 0 aromatic heterocycles. The van der Waals surface area contributed by atoms with Crippen LogP contribution in [0.15, 0.2) is 24.3 Å². The maximum atomic E-state index is 12.9. The van der Waals surface area contributed by atoms with E-state index in [1.807, 2.05) is 43.0 Å². The van der Waals surface area contributed by atoms with Crippen molar-refractivity contribution in [1.82, 2.24) is 4.90 Å². The summed E-state index contributed by atoms with van der Waals surface area (Å²) in [5.41, 5.74) is 1.49. The lowest BCUT2D eigenvalue weighted by Crippen LogP contribution is -2.49. The van der Waals surface area contributed by atoms with E-state index in [0.717, 1.165) is 17.5 Å². The second kappa shape index (κ2) is 7.05. The van der Waals surface area contributed by atoms with E-state index in [4.69, 9.17) is 0 Å². The summed E-state index contributed by atoms with van der Waals surface area (Å²) >= 11 is 0. The van der Waals surface area contributed by atoms with Gasteiger partial charge in [-0.15, -0.1) is 0 Å². The molecule has 4 aliphatic carbocycles. The van der Waals surface area contributed by atoms with E-state index in [9.17, 15) is 9.59 Å². The molecule has 0 aliphatic heterocycles. The quantitative estimate of drug-likeness (QED) is 0.862. The number of benzene rings is 1. The summed E-state index contributed by atoms with van der Waals surface area (Å²) in [6.07, 6.45) is 6.42. The highest BCUT2D eigenvalue weighted by Crippen LogP contribution is 2.56. The third-order valence-electron chi connectivity index (χ3n) is 6.98.